The van der Waals surface area contributed by atoms with E-state index in [-0.39, 0.29) is 17.5 Å². The van der Waals surface area contributed by atoms with Gasteiger partial charge in [-0.3, -0.25) is 0 Å². The number of nitrogens with one attached hydrogen (secondary N) is 1. The maximum absolute atomic E-state index is 9.58. The van der Waals surface area contributed by atoms with E-state index in [1.54, 1.807) is 19.2 Å². The van der Waals surface area contributed by atoms with Crippen molar-refractivity contribution in [3.63, 3.8) is 0 Å². The first-order chi connectivity index (χ1) is 9.90. The molecule has 2 aromatic rings. The summed E-state index contributed by atoms with van der Waals surface area (Å²) in [6, 6.07) is 8.34. The topological polar surface area (TPSA) is 61.7 Å². The smallest absolute Gasteiger partial charge is 0.143 e. The molecular formula is C16H18BrNO3. The molecule has 0 aliphatic carbocycles. The van der Waals surface area contributed by atoms with Crippen molar-refractivity contribution in [3.05, 3.63) is 45.9 Å². The molecule has 0 amide bonds. The van der Waals surface area contributed by atoms with E-state index in [1.807, 2.05) is 26.0 Å². The lowest BCUT2D eigenvalue weighted by Gasteiger charge is -2.20. The number of ether oxygens (including phenoxy) is 1. The van der Waals surface area contributed by atoms with E-state index in [0.717, 1.165) is 27.0 Å². The predicted octanol–water partition coefficient (Wildman–Crippen LogP) is 4.35. The van der Waals surface area contributed by atoms with Gasteiger partial charge in [-0.1, -0.05) is 15.9 Å². The first kappa shape index (κ1) is 15.5. The summed E-state index contributed by atoms with van der Waals surface area (Å²) in [5.74, 6) is 0.814. The largest absolute Gasteiger partial charge is 0.508 e. The summed E-state index contributed by atoms with van der Waals surface area (Å²) >= 11 is 3.44. The van der Waals surface area contributed by atoms with Crippen LogP contribution in [-0.4, -0.2) is 17.3 Å². The summed E-state index contributed by atoms with van der Waals surface area (Å²) in [5.41, 5.74) is 2.71. The average Bonchev–Trinajstić information content (AvgIpc) is 2.40. The zero-order chi connectivity index (χ0) is 15.6. The van der Waals surface area contributed by atoms with E-state index in [0.29, 0.717) is 0 Å². The molecule has 0 saturated carbocycles. The summed E-state index contributed by atoms with van der Waals surface area (Å²) in [5, 5.41) is 22.5. The van der Waals surface area contributed by atoms with Gasteiger partial charge in [0, 0.05) is 16.6 Å². The van der Waals surface area contributed by atoms with Crippen LogP contribution in [0.4, 0.5) is 5.69 Å². The number of halogens is 1. The Kier molecular flexibility index (Phi) is 4.63. The second kappa shape index (κ2) is 6.26. The number of hydrogen-bond donors (Lipinski definition) is 3. The van der Waals surface area contributed by atoms with Crippen LogP contribution in [0.3, 0.4) is 0 Å². The lowest BCUT2D eigenvalue weighted by atomic mass is 10.1. The van der Waals surface area contributed by atoms with Crippen LogP contribution >= 0.6 is 15.9 Å². The average molecular weight is 352 g/mol. The lowest BCUT2D eigenvalue weighted by Crippen LogP contribution is -2.09. The number of rotatable bonds is 4. The normalized spacial score (nSPS) is 12.0. The first-order valence-corrected chi connectivity index (χ1v) is 7.33. The van der Waals surface area contributed by atoms with E-state index >= 15 is 0 Å². The molecule has 21 heavy (non-hydrogen) atoms. The van der Waals surface area contributed by atoms with Crippen LogP contribution in [0, 0.1) is 6.92 Å². The fourth-order valence-corrected chi connectivity index (χ4v) is 2.78. The molecule has 0 spiro atoms. The Hall–Kier alpha value is -1.88. The maximum atomic E-state index is 9.58. The van der Waals surface area contributed by atoms with Crippen molar-refractivity contribution in [2.45, 2.75) is 19.9 Å². The molecule has 1 unspecified atom stereocenters. The standard InChI is InChI=1S/C16H18BrNO3/c1-9-4-12(17)7-15(21-3)16(9)18-10(2)11-5-13(19)8-14(20)6-11/h4-8,10,18-20H,1-3H3. The van der Waals surface area contributed by atoms with Gasteiger partial charge in [0.15, 0.2) is 0 Å². The van der Waals surface area contributed by atoms with E-state index in [4.69, 9.17) is 4.74 Å². The molecule has 2 rings (SSSR count). The van der Waals surface area contributed by atoms with Gasteiger partial charge in [-0.05, 0) is 49.2 Å². The van der Waals surface area contributed by atoms with Crippen LogP contribution in [0.25, 0.3) is 0 Å². The highest BCUT2D eigenvalue weighted by molar-refractivity contribution is 9.10. The van der Waals surface area contributed by atoms with Crippen LogP contribution in [0.1, 0.15) is 24.1 Å². The second-order valence-corrected chi connectivity index (χ2v) is 5.86. The van der Waals surface area contributed by atoms with Gasteiger partial charge < -0.3 is 20.3 Å². The van der Waals surface area contributed by atoms with Crippen LogP contribution in [-0.2, 0) is 0 Å². The highest BCUT2D eigenvalue weighted by atomic mass is 79.9. The Bertz CT molecular complexity index is 638. The van der Waals surface area contributed by atoms with E-state index < -0.39 is 0 Å². The van der Waals surface area contributed by atoms with Crippen molar-refractivity contribution in [1.29, 1.82) is 0 Å². The number of hydrogen-bond acceptors (Lipinski definition) is 4. The van der Waals surface area contributed by atoms with Crippen LogP contribution < -0.4 is 10.1 Å². The zero-order valence-electron chi connectivity index (χ0n) is 12.1. The van der Waals surface area contributed by atoms with Gasteiger partial charge in [-0.15, -0.1) is 0 Å². The Morgan fingerprint density at radius 1 is 1.10 bits per heavy atom. The molecule has 0 fully saturated rings. The highest BCUT2D eigenvalue weighted by Gasteiger charge is 2.13. The minimum atomic E-state index is -0.100. The number of benzene rings is 2. The minimum absolute atomic E-state index is 0.0399. The Morgan fingerprint density at radius 3 is 2.29 bits per heavy atom. The van der Waals surface area contributed by atoms with Gasteiger partial charge in [0.1, 0.15) is 17.2 Å². The molecule has 2 aromatic carbocycles. The van der Waals surface area contributed by atoms with Gasteiger partial charge >= 0.3 is 0 Å². The maximum Gasteiger partial charge on any atom is 0.143 e. The third-order valence-corrected chi connectivity index (χ3v) is 3.73. The number of phenolic OH excluding ortho intramolecular Hbond substituents is 2. The van der Waals surface area contributed by atoms with Crippen molar-refractivity contribution < 1.29 is 14.9 Å². The van der Waals surface area contributed by atoms with E-state index in [9.17, 15) is 10.2 Å². The molecule has 112 valence electrons. The summed E-state index contributed by atoms with van der Waals surface area (Å²) in [7, 11) is 1.62. The number of methoxy groups -OCH3 is 1. The van der Waals surface area contributed by atoms with Gasteiger partial charge in [-0.2, -0.15) is 0 Å². The SMILES string of the molecule is COc1cc(Br)cc(C)c1NC(C)c1cc(O)cc(O)c1. The van der Waals surface area contributed by atoms with Crippen LogP contribution in [0.5, 0.6) is 17.2 Å². The van der Waals surface area contributed by atoms with Gasteiger partial charge in [0.2, 0.25) is 0 Å². The van der Waals surface area contributed by atoms with Crippen LogP contribution in [0.2, 0.25) is 0 Å². The van der Waals surface area contributed by atoms with Crippen molar-refractivity contribution in [2.24, 2.45) is 0 Å². The summed E-state index contributed by atoms with van der Waals surface area (Å²) in [4.78, 5) is 0. The fraction of sp³-hybridized carbons (Fsp3) is 0.250. The first-order valence-electron chi connectivity index (χ1n) is 6.54. The molecule has 1 atom stereocenters. The molecule has 0 heterocycles. The minimum Gasteiger partial charge on any atom is -0.508 e. The Balaban J connectivity index is 2.33. The highest BCUT2D eigenvalue weighted by Crippen LogP contribution is 2.35. The molecule has 0 aromatic heterocycles. The molecule has 0 aliphatic rings. The third kappa shape index (κ3) is 3.61. The van der Waals surface area contributed by atoms with Crippen molar-refractivity contribution in [1.82, 2.24) is 0 Å². The quantitative estimate of drug-likeness (QED) is 0.766. The third-order valence-electron chi connectivity index (χ3n) is 3.27. The second-order valence-electron chi connectivity index (χ2n) is 4.95. The van der Waals surface area contributed by atoms with Crippen LogP contribution in [0.15, 0.2) is 34.8 Å². The zero-order valence-corrected chi connectivity index (χ0v) is 13.7. The van der Waals surface area contributed by atoms with Crippen molar-refractivity contribution in [2.75, 3.05) is 12.4 Å². The molecule has 0 saturated heterocycles. The molecule has 5 heteroatoms. The van der Waals surface area contributed by atoms with E-state index in [2.05, 4.69) is 21.2 Å². The Morgan fingerprint density at radius 2 is 1.71 bits per heavy atom. The summed E-state index contributed by atoms with van der Waals surface area (Å²) in [6.45, 7) is 3.94. The Labute approximate surface area is 132 Å². The summed E-state index contributed by atoms with van der Waals surface area (Å²) < 4.78 is 6.35. The molecule has 0 aliphatic heterocycles. The van der Waals surface area contributed by atoms with Gasteiger partial charge in [0.05, 0.1) is 12.8 Å². The lowest BCUT2D eigenvalue weighted by molar-refractivity contribution is 0.415. The monoisotopic (exact) mass is 351 g/mol. The molecule has 4 nitrogen and oxygen atoms in total. The van der Waals surface area contributed by atoms with E-state index in [1.165, 1.54) is 6.07 Å². The number of anilines is 1. The fourth-order valence-electron chi connectivity index (χ4n) is 2.23. The number of aryl methyl sites for hydroxylation is 1. The van der Waals surface area contributed by atoms with Crippen molar-refractivity contribution >= 4 is 21.6 Å². The van der Waals surface area contributed by atoms with Crippen molar-refractivity contribution in [3.8, 4) is 17.2 Å². The molecular weight excluding hydrogens is 334 g/mol. The molecule has 0 bridgehead atoms. The molecule has 0 radical (unpaired) electrons. The van der Waals surface area contributed by atoms with Gasteiger partial charge in [0.25, 0.3) is 0 Å². The van der Waals surface area contributed by atoms with Gasteiger partial charge in [-0.25, -0.2) is 0 Å². The molecule has 3 N–H and O–H groups in total. The number of aromatic hydroxyl groups is 2. The predicted molar refractivity (Wildman–Crippen MR) is 87.2 cm³/mol. The summed E-state index contributed by atoms with van der Waals surface area (Å²) in [6.07, 6.45) is 0. The number of phenols is 2.